The number of allylic oxidation sites excluding steroid dienone is 2. The molecule has 0 fully saturated rings. The maximum Gasteiger partial charge on any atom is 0.254 e. The van der Waals surface area contributed by atoms with E-state index in [1.54, 1.807) is 23.6 Å². The zero-order valence-electron chi connectivity index (χ0n) is 17.4. The summed E-state index contributed by atoms with van der Waals surface area (Å²) in [5, 5.41) is 10.3. The minimum atomic E-state index is -0.667. The van der Waals surface area contributed by atoms with E-state index in [-0.39, 0.29) is 17.1 Å². The number of hydrogen-bond acceptors (Lipinski definition) is 5. The van der Waals surface area contributed by atoms with Gasteiger partial charge in [0.15, 0.2) is 5.65 Å². The molecule has 2 aromatic heterocycles. The number of aromatic hydroxyl groups is 1. The van der Waals surface area contributed by atoms with Crippen LogP contribution >= 0.6 is 0 Å². The van der Waals surface area contributed by atoms with E-state index in [0.717, 1.165) is 35.9 Å². The minimum Gasteiger partial charge on any atom is -0.508 e. The van der Waals surface area contributed by atoms with E-state index >= 15 is 0 Å². The van der Waals surface area contributed by atoms with Crippen LogP contribution in [-0.4, -0.2) is 25.5 Å². The standard InChI is InChI=1S/C24H23N5O2/c1-12-10-11-17(30)13(2)21(12)29-22(25)18(23(26)31)20-24(29)28-19-15(14-6-3-4-7-14)8-5-9-16(19)27-20/h5-6,8-11,30H,3-4,7,25H2,1-2H3,(H2,26,31). The number of para-hydroxylation sites is 1. The first-order chi connectivity index (χ1) is 14.9. The molecule has 2 aromatic carbocycles. The van der Waals surface area contributed by atoms with E-state index < -0.39 is 5.91 Å². The number of rotatable bonds is 3. The molecule has 2 heterocycles. The molecule has 1 aliphatic carbocycles. The number of hydrogen-bond donors (Lipinski definition) is 3. The molecule has 0 radical (unpaired) electrons. The van der Waals surface area contributed by atoms with Crippen molar-refractivity contribution in [1.82, 2.24) is 14.5 Å². The lowest BCUT2D eigenvalue weighted by molar-refractivity contribution is 0.100. The summed E-state index contributed by atoms with van der Waals surface area (Å²) in [6, 6.07) is 9.32. The second-order valence-electron chi connectivity index (χ2n) is 8.03. The SMILES string of the molecule is Cc1ccc(O)c(C)c1-n1c(N)c(C(N)=O)c2nc3cccc(C4=CCCC4)c3nc21. The zero-order chi connectivity index (χ0) is 21.9. The van der Waals surface area contributed by atoms with Crippen molar-refractivity contribution in [3.8, 4) is 11.4 Å². The van der Waals surface area contributed by atoms with E-state index in [9.17, 15) is 9.90 Å². The van der Waals surface area contributed by atoms with Crippen molar-refractivity contribution in [3.05, 3.63) is 58.7 Å². The Morgan fingerprint density at radius 2 is 1.94 bits per heavy atom. The number of aromatic nitrogens is 3. The van der Waals surface area contributed by atoms with Crippen LogP contribution in [0.25, 0.3) is 33.5 Å². The number of benzene rings is 2. The summed E-state index contributed by atoms with van der Waals surface area (Å²) in [5.41, 5.74) is 19.0. The first kappa shape index (κ1) is 19.1. The van der Waals surface area contributed by atoms with Gasteiger partial charge in [-0.1, -0.05) is 24.3 Å². The molecule has 1 amide bonds. The molecule has 5 rings (SSSR count). The smallest absolute Gasteiger partial charge is 0.254 e. The number of nitrogens with two attached hydrogens (primary N) is 2. The number of nitrogens with zero attached hydrogens (tertiary/aromatic N) is 3. The molecule has 7 heteroatoms. The molecule has 0 spiro atoms. The van der Waals surface area contributed by atoms with Crippen LogP contribution in [0.3, 0.4) is 0 Å². The van der Waals surface area contributed by atoms with Gasteiger partial charge in [-0.05, 0) is 56.4 Å². The van der Waals surface area contributed by atoms with Crippen molar-refractivity contribution in [2.24, 2.45) is 5.73 Å². The van der Waals surface area contributed by atoms with Crippen molar-refractivity contribution >= 4 is 39.5 Å². The van der Waals surface area contributed by atoms with Crippen LogP contribution in [0.15, 0.2) is 36.4 Å². The first-order valence-corrected chi connectivity index (χ1v) is 10.3. The van der Waals surface area contributed by atoms with Crippen LogP contribution in [0.2, 0.25) is 0 Å². The summed E-state index contributed by atoms with van der Waals surface area (Å²) in [5.74, 6) is -0.371. The van der Waals surface area contributed by atoms with Crippen molar-refractivity contribution in [2.75, 3.05) is 5.73 Å². The topological polar surface area (TPSA) is 120 Å². The van der Waals surface area contributed by atoms with E-state index in [1.165, 1.54) is 5.57 Å². The molecule has 0 aliphatic heterocycles. The van der Waals surface area contributed by atoms with Gasteiger partial charge in [-0.3, -0.25) is 9.36 Å². The highest BCUT2D eigenvalue weighted by molar-refractivity contribution is 6.11. The Bertz CT molecular complexity index is 1430. The van der Waals surface area contributed by atoms with Gasteiger partial charge in [0.2, 0.25) is 0 Å². The van der Waals surface area contributed by atoms with Gasteiger partial charge in [0.1, 0.15) is 22.6 Å². The predicted molar refractivity (Wildman–Crippen MR) is 122 cm³/mol. The quantitative estimate of drug-likeness (QED) is 0.466. The predicted octanol–water partition coefficient (Wildman–Crippen LogP) is 4.14. The van der Waals surface area contributed by atoms with Gasteiger partial charge in [-0.2, -0.15) is 0 Å². The zero-order valence-corrected chi connectivity index (χ0v) is 17.4. The fraction of sp³-hybridized carbons (Fsp3) is 0.208. The lowest BCUT2D eigenvalue weighted by Gasteiger charge is -2.15. The number of fused-ring (bicyclic) bond motifs is 2. The highest BCUT2D eigenvalue weighted by atomic mass is 16.3. The average Bonchev–Trinajstić information content (AvgIpc) is 3.36. The van der Waals surface area contributed by atoms with Crippen LogP contribution in [0.4, 0.5) is 5.82 Å². The van der Waals surface area contributed by atoms with E-state index in [1.807, 2.05) is 19.1 Å². The van der Waals surface area contributed by atoms with Crippen molar-refractivity contribution in [3.63, 3.8) is 0 Å². The summed E-state index contributed by atoms with van der Waals surface area (Å²) >= 11 is 0. The second kappa shape index (κ2) is 6.84. The van der Waals surface area contributed by atoms with Crippen molar-refractivity contribution in [1.29, 1.82) is 0 Å². The molecule has 0 unspecified atom stereocenters. The third-order valence-electron chi connectivity index (χ3n) is 6.08. The maximum atomic E-state index is 12.3. The Labute approximate surface area is 179 Å². The Hall–Kier alpha value is -3.87. The Balaban J connectivity index is 1.94. The number of phenolic OH excluding ortho intramolecular Hbond substituents is 1. The molecule has 4 aromatic rings. The molecule has 7 nitrogen and oxygen atoms in total. The molecule has 1 aliphatic rings. The number of aryl methyl sites for hydroxylation is 1. The van der Waals surface area contributed by atoms with Gasteiger partial charge in [0.25, 0.3) is 5.91 Å². The summed E-state index contributed by atoms with van der Waals surface area (Å²) in [6.45, 7) is 3.72. The van der Waals surface area contributed by atoms with Crippen molar-refractivity contribution in [2.45, 2.75) is 33.1 Å². The number of nitrogen functional groups attached to an aromatic ring is 1. The second-order valence-corrected chi connectivity index (χ2v) is 8.03. The van der Waals surface area contributed by atoms with Crippen LogP contribution in [0, 0.1) is 13.8 Å². The molecule has 5 N–H and O–H groups in total. The third-order valence-corrected chi connectivity index (χ3v) is 6.08. The molecule has 0 saturated heterocycles. The van der Waals surface area contributed by atoms with Crippen LogP contribution < -0.4 is 11.5 Å². The largest absolute Gasteiger partial charge is 0.508 e. The average molecular weight is 413 g/mol. The monoisotopic (exact) mass is 413 g/mol. The molecule has 0 saturated carbocycles. The molecular weight excluding hydrogens is 390 g/mol. The summed E-state index contributed by atoms with van der Waals surface area (Å²) in [4.78, 5) is 22.1. The molecular formula is C24H23N5O2. The molecule has 31 heavy (non-hydrogen) atoms. The Morgan fingerprint density at radius 1 is 1.13 bits per heavy atom. The normalized spacial score (nSPS) is 13.8. The van der Waals surface area contributed by atoms with Gasteiger partial charge in [0, 0.05) is 11.1 Å². The summed E-state index contributed by atoms with van der Waals surface area (Å²) in [7, 11) is 0. The number of carbonyl (C=O) groups excluding carboxylic acids is 1. The maximum absolute atomic E-state index is 12.3. The minimum absolute atomic E-state index is 0.132. The Morgan fingerprint density at radius 3 is 2.65 bits per heavy atom. The van der Waals surface area contributed by atoms with Crippen molar-refractivity contribution < 1.29 is 9.90 Å². The van der Waals surface area contributed by atoms with Gasteiger partial charge in [-0.25, -0.2) is 9.97 Å². The van der Waals surface area contributed by atoms with Crippen LogP contribution in [0.5, 0.6) is 5.75 Å². The van der Waals surface area contributed by atoms with Crippen LogP contribution in [0.1, 0.15) is 46.3 Å². The highest BCUT2D eigenvalue weighted by Gasteiger charge is 2.26. The number of primary amides is 1. The number of anilines is 1. The summed E-state index contributed by atoms with van der Waals surface area (Å²) < 4.78 is 1.69. The fourth-order valence-electron chi connectivity index (χ4n) is 4.55. The van der Waals surface area contributed by atoms with Gasteiger partial charge < -0.3 is 16.6 Å². The molecule has 156 valence electrons. The third kappa shape index (κ3) is 2.77. The molecule has 0 bridgehead atoms. The number of phenols is 1. The fourth-order valence-corrected chi connectivity index (χ4v) is 4.55. The van der Waals surface area contributed by atoms with E-state index in [2.05, 4.69) is 12.1 Å². The Kier molecular flexibility index (Phi) is 4.22. The van der Waals surface area contributed by atoms with E-state index in [0.29, 0.717) is 27.9 Å². The van der Waals surface area contributed by atoms with Crippen LogP contribution in [-0.2, 0) is 0 Å². The lowest BCUT2D eigenvalue weighted by Crippen LogP contribution is -2.14. The number of amides is 1. The van der Waals surface area contributed by atoms with Gasteiger partial charge in [-0.15, -0.1) is 0 Å². The lowest BCUT2D eigenvalue weighted by atomic mass is 10.0. The first-order valence-electron chi connectivity index (χ1n) is 10.3. The van der Waals surface area contributed by atoms with E-state index in [4.69, 9.17) is 21.4 Å². The summed E-state index contributed by atoms with van der Waals surface area (Å²) in [6.07, 6.45) is 5.42. The molecule has 0 atom stereocenters. The number of carbonyl (C=O) groups is 1. The van der Waals surface area contributed by atoms with Gasteiger partial charge >= 0.3 is 0 Å². The highest BCUT2D eigenvalue weighted by Crippen LogP contribution is 2.37. The van der Waals surface area contributed by atoms with Gasteiger partial charge in [0.05, 0.1) is 16.7 Å².